The summed E-state index contributed by atoms with van der Waals surface area (Å²) in [4.78, 5) is 21.7. The minimum Gasteiger partial charge on any atom is -0.325 e. The van der Waals surface area contributed by atoms with Crippen molar-refractivity contribution in [1.29, 1.82) is 0 Å². The van der Waals surface area contributed by atoms with E-state index in [0.29, 0.717) is 5.75 Å². The lowest BCUT2D eigenvalue weighted by Crippen LogP contribution is -2.14. The molecular formula is C16H15FN2O3S. The maximum Gasteiger partial charge on any atom is 0.306 e. The highest BCUT2D eigenvalue weighted by Crippen LogP contribution is 2.22. The normalized spacial score (nSPS) is 10.3. The molecule has 0 saturated carbocycles. The average molecular weight is 334 g/mol. The SMILES string of the molecule is Cc1cccc(CSCC(=O)Nc2ccc(F)c([N+](=O)[O-])c2)c1. The van der Waals surface area contributed by atoms with E-state index in [1.165, 1.54) is 17.8 Å². The topological polar surface area (TPSA) is 72.2 Å². The summed E-state index contributed by atoms with van der Waals surface area (Å²) < 4.78 is 13.2. The van der Waals surface area contributed by atoms with Crippen LogP contribution in [-0.4, -0.2) is 16.6 Å². The van der Waals surface area contributed by atoms with E-state index in [0.717, 1.165) is 23.3 Å². The van der Waals surface area contributed by atoms with E-state index in [2.05, 4.69) is 5.32 Å². The Hall–Kier alpha value is -2.41. The smallest absolute Gasteiger partial charge is 0.306 e. The van der Waals surface area contributed by atoms with E-state index >= 15 is 0 Å². The Morgan fingerprint density at radius 3 is 2.78 bits per heavy atom. The summed E-state index contributed by atoms with van der Waals surface area (Å²) in [5, 5.41) is 13.2. The number of rotatable bonds is 6. The molecule has 0 spiro atoms. The third kappa shape index (κ3) is 5.07. The molecule has 2 rings (SSSR count). The number of halogens is 1. The van der Waals surface area contributed by atoms with Gasteiger partial charge < -0.3 is 5.32 Å². The third-order valence-corrected chi connectivity index (χ3v) is 4.01. The molecule has 23 heavy (non-hydrogen) atoms. The van der Waals surface area contributed by atoms with E-state index in [4.69, 9.17) is 0 Å². The lowest BCUT2D eigenvalue weighted by atomic mass is 10.2. The van der Waals surface area contributed by atoms with Gasteiger partial charge in [-0.2, -0.15) is 4.39 Å². The van der Waals surface area contributed by atoms with Gasteiger partial charge in [-0.3, -0.25) is 14.9 Å². The summed E-state index contributed by atoms with van der Waals surface area (Å²) >= 11 is 1.44. The monoisotopic (exact) mass is 334 g/mol. The van der Waals surface area contributed by atoms with Gasteiger partial charge >= 0.3 is 5.69 Å². The van der Waals surface area contributed by atoms with E-state index in [1.807, 2.05) is 31.2 Å². The van der Waals surface area contributed by atoms with Gasteiger partial charge in [0.15, 0.2) is 0 Å². The standard InChI is InChI=1S/C16H15FN2O3S/c1-11-3-2-4-12(7-11)9-23-10-16(20)18-13-5-6-14(17)15(8-13)19(21)22/h2-8H,9-10H2,1H3,(H,18,20). The van der Waals surface area contributed by atoms with Crippen molar-refractivity contribution in [2.24, 2.45) is 0 Å². The van der Waals surface area contributed by atoms with Gasteiger partial charge in [-0.05, 0) is 24.6 Å². The molecule has 2 aromatic rings. The number of nitrogens with one attached hydrogen (secondary N) is 1. The number of hydrogen-bond acceptors (Lipinski definition) is 4. The summed E-state index contributed by atoms with van der Waals surface area (Å²) in [6, 6.07) is 11.3. The van der Waals surface area contributed by atoms with Crippen molar-refractivity contribution >= 4 is 29.0 Å². The number of benzene rings is 2. The number of carbonyl (C=O) groups excluding carboxylic acids is 1. The fraction of sp³-hybridized carbons (Fsp3) is 0.188. The molecule has 7 heteroatoms. The van der Waals surface area contributed by atoms with E-state index in [-0.39, 0.29) is 17.3 Å². The molecule has 1 N–H and O–H groups in total. The largest absolute Gasteiger partial charge is 0.325 e. The van der Waals surface area contributed by atoms with Crippen LogP contribution in [0, 0.1) is 22.9 Å². The highest BCUT2D eigenvalue weighted by Gasteiger charge is 2.15. The zero-order chi connectivity index (χ0) is 16.8. The summed E-state index contributed by atoms with van der Waals surface area (Å²) in [7, 11) is 0. The van der Waals surface area contributed by atoms with Crippen molar-refractivity contribution in [2.75, 3.05) is 11.1 Å². The van der Waals surface area contributed by atoms with Gasteiger partial charge in [-0.15, -0.1) is 11.8 Å². The quantitative estimate of drug-likeness (QED) is 0.642. The van der Waals surface area contributed by atoms with E-state index < -0.39 is 16.4 Å². The van der Waals surface area contributed by atoms with Gasteiger partial charge in [-0.1, -0.05) is 29.8 Å². The first-order chi connectivity index (χ1) is 11.0. The van der Waals surface area contributed by atoms with Crippen LogP contribution in [0.15, 0.2) is 42.5 Å². The molecular weight excluding hydrogens is 319 g/mol. The van der Waals surface area contributed by atoms with Crippen LogP contribution < -0.4 is 5.32 Å². The highest BCUT2D eigenvalue weighted by atomic mass is 32.2. The zero-order valence-electron chi connectivity index (χ0n) is 12.4. The number of carbonyl (C=O) groups is 1. The number of nitro groups is 1. The molecule has 0 saturated heterocycles. The molecule has 0 aliphatic heterocycles. The van der Waals surface area contributed by atoms with Crippen LogP contribution in [0.1, 0.15) is 11.1 Å². The Kier molecular flexibility index (Phi) is 5.70. The van der Waals surface area contributed by atoms with Gasteiger partial charge in [0.25, 0.3) is 0 Å². The molecule has 0 aliphatic rings. The second kappa shape index (κ2) is 7.73. The van der Waals surface area contributed by atoms with Crippen molar-refractivity contribution < 1.29 is 14.1 Å². The summed E-state index contributed by atoms with van der Waals surface area (Å²) in [5.41, 5.74) is 1.83. The molecule has 5 nitrogen and oxygen atoms in total. The molecule has 0 heterocycles. The van der Waals surface area contributed by atoms with Crippen LogP contribution in [0.25, 0.3) is 0 Å². The Balaban J connectivity index is 1.87. The van der Waals surface area contributed by atoms with Crippen LogP contribution in [0.2, 0.25) is 0 Å². The molecule has 1 amide bonds. The molecule has 0 aliphatic carbocycles. The molecule has 0 bridgehead atoms. The fourth-order valence-electron chi connectivity index (χ4n) is 1.99. The minimum absolute atomic E-state index is 0.207. The first-order valence-electron chi connectivity index (χ1n) is 6.83. The summed E-state index contributed by atoms with van der Waals surface area (Å²) in [6.45, 7) is 2.00. The van der Waals surface area contributed by atoms with Crippen molar-refractivity contribution in [2.45, 2.75) is 12.7 Å². The van der Waals surface area contributed by atoms with Crippen molar-refractivity contribution in [3.8, 4) is 0 Å². The minimum atomic E-state index is -0.929. The second-order valence-electron chi connectivity index (χ2n) is 4.95. The fourth-order valence-corrected chi connectivity index (χ4v) is 2.77. The summed E-state index contributed by atoms with van der Waals surface area (Å²) in [5.74, 6) is -0.317. The van der Waals surface area contributed by atoms with E-state index in [9.17, 15) is 19.3 Å². The van der Waals surface area contributed by atoms with Crippen LogP contribution in [0.3, 0.4) is 0 Å². The molecule has 2 aromatic carbocycles. The number of amides is 1. The lowest BCUT2D eigenvalue weighted by Gasteiger charge is -2.06. The zero-order valence-corrected chi connectivity index (χ0v) is 13.2. The van der Waals surface area contributed by atoms with Gasteiger partial charge in [0.1, 0.15) is 0 Å². The Labute approximate surface area is 137 Å². The third-order valence-electron chi connectivity index (χ3n) is 3.01. The number of anilines is 1. The molecule has 0 radical (unpaired) electrons. The number of hydrogen-bond donors (Lipinski definition) is 1. The van der Waals surface area contributed by atoms with Gasteiger partial charge in [-0.25, -0.2) is 0 Å². The van der Waals surface area contributed by atoms with Gasteiger partial charge in [0.2, 0.25) is 11.7 Å². The van der Waals surface area contributed by atoms with Gasteiger partial charge in [0.05, 0.1) is 10.7 Å². The first-order valence-corrected chi connectivity index (χ1v) is 7.98. The van der Waals surface area contributed by atoms with Crippen molar-refractivity contribution in [3.05, 3.63) is 69.5 Å². The Bertz CT molecular complexity index is 737. The highest BCUT2D eigenvalue weighted by molar-refractivity contribution is 7.99. The first kappa shape index (κ1) is 17.0. The van der Waals surface area contributed by atoms with Crippen LogP contribution in [0.4, 0.5) is 15.8 Å². The van der Waals surface area contributed by atoms with Crippen LogP contribution >= 0.6 is 11.8 Å². The molecule has 0 fully saturated rings. The second-order valence-corrected chi connectivity index (χ2v) is 5.94. The van der Waals surface area contributed by atoms with Crippen LogP contribution in [-0.2, 0) is 10.5 Å². The van der Waals surface area contributed by atoms with E-state index in [1.54, 1.807) is 0 Å². The van der Waals surface area contributed by atoms with Crippen LogP contribution in [0.5, 0.6) is 0 Å². The maximum atomic E-state index is 13.2. The lowest BCUT2D eigenvalue weighted by molar-refractivity contribution is -0.387. The molecule has 120 valence electrons. The number of nitro benzene ring substituents is 1. The Morgan fingerprint density at radius 2 is 2.09 bits per heavy atom. The predicted octanol–water partition coefficient (Wildman–Crippen LogP) is 3.91. The maximum absolute atomic E-state index is 13.2. The predicted molar refractivity (Wildman–Crippen MR) is 89.0 cm³/mol. The van der Waals surface area contributed by atoms with Crippen molar-refractivity contribution in [3.63, 3.8) is 0 Å². The molecule has 0 unspecified atom stereocenters. The number of nitrogens with zero attached hydrogens (tertiary/aromatic N) is 1. The number of aryl methyl sites for hydroxylation is 1. The average Bonchev–Trinajstić information content (AvgIpc) is 2.49. The molecule has 0 aromatic heterocycles. The Morgan fingerprint density at radius 1 is 1.30 bits per heavy atom. The molecule has 0 atom stereocenters. The summed E-state index contributed by atoms with van der Waals surface area (Å²) in [6.07, 6.45) is 0. The van der Waals surface area contributed by atoms with Crippen molar-refractivity contribution in [1.82, 2.24) is 0 Å². The number of thioether (sulfide) groups is 1. The van der Waals surface area contributed by atoms with Gasteiger partial charge in [0, 0.05) is 17.5 Å².